The number of aryl methyl sites for hydroxylation is 2. The predicted octanol–water partition coefficient (Wildman–Crippen LogP) is 1.03. The normalized spacial score (nSPS) is 10.9. The fourth-order valence-electron chi connectivity index (χ4n) is 2.53. The van der Waals surface area contributed by atoms with E-state index in [9.17, 15) is 4.79 Å². The summed E-state index contributed by atoms with van der Waals surface area (Å²) in [6.07, 6.45) is 1.49. The van der Waals surface area contributed by atoms with E-state index in [4.69, 9.17) is 4.74 Å². The van der Waals surface area contributed by atoms with Crippen LogP contribution in [0.3, 0.4) is 0 Å². The zero-order valence-electron chi connectivity index (χ0n) is 14.2. The van der Waals surface area contributed by atoms with E-state index in [1.165, 1.54) is 13.4 Å². The van der Waals surface area contributed by atoms with Gasteiger partial charge in [-0.25, -0.2) is 14.6 Å². The molecule has 0 aromatic carbocycles. The molecule has 0 aliphatic rings. The van der Waals surface area contributed by atoms with Gasteiger partial charge in [0, 0.05) is 34.3 Å². The lowest BCUT2D eigenvalue weighted by atomic mass is 10.3. The molecule has 1 N–H and O–H groups in total. The van der Waals surface area contributed by atoms with Crippen LogP contribution in [0.1, 0.15) is 10.5 Å². The van der Waals surface area contributed by atoms with Crippen LogP contribution in [-0.4, -0.2) is 51.4 Å². The number of anilines is 2. The maximum atomic E-state index is 12.7. The molecule has 0 saturated carbocycles. The Bertz CT molecular complexity index is 910. The van der Waals surface area contributed by atoms with E-state index in [-0.39, 0.29) is 5.91 Å². The Hall–Kier alpha value is -3.10. The van der Waals surface area contributed by atoms with E-state index in [1.54, 1.807) is 35.5 Å². The highest BCUT2D eigenvalue weighted by Gasteiger charge is 2.19. The van der Waals surface area contributed by atoms with E-state index in [2.05, 4.69) is 20.4 Å². The fraction of sp³-hybridized carbons (Fsp3) is 0.333. The average molecular weight is 329 g/mol. The van der Waals surface area contributed by atoms with Crippen LogP contribution >= 0.6 is 0 Å². The summed E-state index contributed by atoms with van der Waals surface area (Å²) >= 11 is 0. The van der Waals surface area contributed by atoms with Crippen LogP contribution in [0.4, 0.5) is 11.6 Å². The third-order valence-electron chi connectivity index (χ3n) is 3.77. The molecule has 24 heavy (non-hydrogen) atoms. The van der Waals surface area contributed by atoms with E-state index < -0.39 is 0 Å². The van der Waals surface area contributed by atoms with Gasteiger partial charge in [0.1, 0.15) is 29.3 Å². The first-order valence-corrected chi connectivity index (χ1v) is 7.29. The van der Waals surface area contributed by atoms with Gasteiger partial charge >= 0.3 is 0 Å². The van der Waals surface area contributed by atoms with Crippen molar-refractivity contribution in [2.75, 3.05) is 31.4 Å². The van der Waals surface area contributed by atoms with Crippen molar-refractivity contribution >= 4 is 28.6 Å². The van der Waals surface area contributed by atoms with E-state index in [1.807, 2.05) is 19.0 Å². The largest absolute Gasteiger partial charge is 0.480 e. The molecular formula is C15H19N7O2. The summed E-state index contributed by atoms with van der Waals surface area (Å²) in [5, 5.41) is 7.77. The van der Waals surface area contributed by atoms with Gasteiger partial charge in [-0.05, 0) is 6.07 Å². The van der Waals surface area contributed by atoms with Crippen molar-refractivity contribution in [3.05, 3.63) is 24.2 Å². The quantitative estimate of drug-likeness (QED) is 0.769. The van der Waals surface area contributed by atoms with Crippen molar-refractivity contribution in [2.45, 2.75) is 0 Å². The van der Waals surface area contributed by atoms with Gasteiger partial charge in [0.25, 0.3) is 5.91 Å². The Morgan fingerprint density at radius 1 is 1.25 bits per heavy atom. The summed E-state index contributed by atoms with van der Waals surface area (Å²) in [5.74, 6) is 1.48. The van der Waals surface area contributed by atoms with Crippen LogP contribution in [0.2, 0.25) is 0 Å². The average Bonchev–Trinajstić information content (AvgIpc) is 3.08. The second-order valence-electron chi connectivity index (χ2n) is 5.57. The molecule has 0 spiro atoms. The highest BCUT2D eigenvalue weighted by molar-refractivity contribution is 6.07. The molecule has 3 heterocycles. The zero-order chi connectivity index (χ0) is 17.4. The second-order valence-corrected chi connectivity index (χ2v) is 5.57. The number of carbonyl (C=O) groups is 1. The molecule has 9 nitrogen and oxygen atoms in total. The molecule has 0 unspecified atom stereocenters. The molecule has 0 aliphatic heterocycles. The minimum absolute atomic E-state index is 0.258. The number of amides is 1. The van der Waals surface area contributed by atoms with Crippen molar-refractivity contribution in [1.82, 2.24) is 24.3 Å². The number of nitrogens with zero attached hydrogens (tertiary/aromatic N) is 6. The van der Waals surface area contributed by atoms with Crippen molar-refractivity contribution in [1.29, 1.82) is 0 Å². The minimum atomic E-state index is -0.258. The molecule has 0 saturated heterocycles. The highest BCUT2D eigenvalue weighted by atomic mass is 16.5. The molecule has 0 fully saturated rings. The SMILES string of the molecule is COc1cc(NC(=O)c2cc3c(N(C)C)ncnc3n2C)n(C)n1. The van der Waals surface area contributed by atoms with Crippen molar-refractivity contribution < 1.29 is 9.53 Å². The van der Waals surface area contributed by atoms with Gasteiger partial charge in [-0.15, -0.1) is 5.10 Å². The van der Waals surface area contributed by atoms with Gasteiger partial charge in [0.05, 0.1) is 12.5 Å². The summed E-state index contributed by atoms with van der Waals surface area (Å²) < 4.78 is 8.35. The highest BCUT2D eigenvalue weighted by Crippen LogP contribution is 2.25. The molecule has 9 heteroatoms. The Morgan fingerprint density at radius 2 is 2.00 bits per heavy atom. The Labute approximate surface area is 138 Å². The lowest BCUT2D eigenvalue weighted by Gasteiger charge is -2.11. The molecular weight excluding hydrogens is 310 g/mol. The number of nitrogens with one attached hydrogen (secondary N) is 1. The summed E-state index contributed by atoms with van der Waals surface area (Å²) in [4.78, 5) is 23.1. The van der Waals surface area contributed by atoms with E-state index >= 15 is 0 Å². The topological polar surface area (TPSA) is 90.1 Å². The summed E-state index contributed by atoms with van der Waals surface area (Å²) in [7, 11) is 8.86. The maximum absolute atomic E-state index is 12.7. The number of hydrogen-bond acceptors (Lipinski definition) is 6. The monoisotopic (exact) mass is 329 g/mol. The Morgan fingerprint density at radius 3 is 2.62 bits per heavy atom. The molecule has 0 radical (unpaired) electrons. The number of methoxy groups -OCH3 is 1. The third-order valence-corrected chi connectivity index (χ3v) is 3.77. The van der Waals surface area contributed by atoms with Gasteiger partial charge in [0.15, 0.2) is 0 Å². The number of ether oxygens (including phenoxy) is 1. The van der Waals surface area contributed by atoms with Crippen molar-refractivity contribution in [3.8, 4) is 5.88 Å². The number of carbonyl (C=O) groups excluding carboxylic acids is 1. The second kappa shape index (κ2) is 5.84. The van der Waals surface area contributed by atoms with E-state index in [0.29, 0.717) is 23.0 Å². The molecule has 126 valence electrons. The molecule has 3 aromatic heterocycles. The number of hydrogen-bond donors (Lipinski definition) is 1. The first-order chi connectivity index (χ1) is 11.4. The Balaban J connectivity index is 1.99. The molecule has 0 bridgehead atoms. The molecule has 0 aliphatic carbocycles. The lowest BCUT2D eigenvalue weighted by Crippen LogP contribution is -2.17. The first kappa shape index (κ1) is 15.8. The standard InChI is InChI=1S/C15H19N7O2/c1-20(2)13-9-6-10(21(3)14(9)17-8-16-13)15(23)18-11-7-12(24-5)19-22(11)4/h6-8H,1-5H3,(H,18,23). The summed E-state index contributed by atoms with van der Waals surface area (Å²) in [6, 6.07) is 3.44. The molecule has 0 atom stereocenters. The molecule has 3 rings (SSSR count). The first-order valence-electron chi connectivity index (χ1n) is 7.29. The van der Waals surface area contributed by atoms with Gasteiger partial charge < -0.3 is 19.5 Å². The number of aromatic nitrogens is 5. The zero-order valence-corrected chi connectivity index (χ0v) is 14.2. The summed E-state index contributed by atoms with van der Waals surface area (Å²) in [5.41, 5.74) is 1.18. The van der Waals surface area contributed by atoms with Crippen LogP contribution < -0.4 is 15.0 Å². The smallest absolute Gasteiger partial charge is 0.273 e. The van der Waals surface area contributed by atoms with Crippen LogP contribution in [0.5, 0.6) is 5.88 Å². The van der Waals surface area contributed by atoms with Crippen molar-refractivity contribution in [3.63, 3.8) is 0 Å². The molecule has 3 aromatic rings. The summed E-state index contributed by atoms with van der Waals surface area (Å²) in [6.45, 7) is 0. The van der Waals surface area contributed by atoms with E-state index in [0.717, 1.165) is 11.2 Å². The van der Waals surface area contributed by atoms with Crippen LogP contribution in [0.15, 0.2) is 18.5 Å². The van der Waals surface area contributed by atoms with Crippen LogP contribution in [0, 0.1) is 0 Å². The number of fused-ring (bicyclic) bond motifs is 1. The minimum Gasteiger partial charge on any atom is -0.480 e. The fourth-order valence-corrected chi connectivity index (χ4v) is 2.53. The van der Waals surface area contributed by atoms with Gasteiger partial charge in [-0.1, -0.05) is 0 Å². The Kier molecular flexibility index (Phi) is 3.84. The van der Waals surface area contributed by atoms with Crippen LogP contribution in [0.25, 0.3) is 11.0 Å². The van der Waals surface area contributed by atoms with Crippen LogP contribution in [-0.2, 0) is 14.1 Å². The lowest BCUT2D eigenvalue weighted by molar-refractivity contribution is 0.101. The number of rotatable bonds is 4. The maximum Gasteiger partial charge on any atom is 0.273 e. The van der Waals surface area contributed by atoms with Gasteiger partial charge in [0.2, 0.25) is 5.88 Å². The van der Waals surface area contributed by atoms with Gasteiger partial charge in [-0.2, -0.15) is 0 Å². The third kappa shape index (κ3) is 2.53. The molecule has 1 amide bonds. The predicted molar refractivity (Wildman–Crippen MR) is 90.5 cm³/mol. The van der Waals surface area contributed by atoms with Crippen molar-refractivity contribution in [2.24, 2.45) is 14.1 Å². The van der Waals surface area contributed by atoms with Gasteiger partial charge in [-0.3, -0.25) is 4.79 Å².